The standard InChI is InChI=1S/C16H18BrN3O2/c1-18-15(21)10-4-3-7-20(9-10)16(22)14-8-11-12(17)5-2-6-13(11)19-14/h2,5-6,8,10,19H,3-4,7,9H2,1H3,(H,18,21). The number of rotatable bonds is 2. The van der Waals surface area contributed by atoms with Crippen molar-refractivity contribution in [3.05, 3.63) is 34.4 Å². The van der Waals surface area contributed by atoms with E-state index in [-0.39, 0.29) is 17.7 Å². The minimum Gasteiger partial charge on any atom is -0.359 e. The van der Waals surface area contributed by atoms with Gasteiger partial charge in [0.15, 0.2) is 0 Å². The molecule has 6 heteroatoms. The molecule has 2 heterocycles. The molecule has 1 atom stereocenters. The second-order valence-corrected chi connectivity index (χ2v) is 6.44. The number of aromatic amines is 1. The van der Waals surface area contributed by atoms with Gasteiger partial charge in [0.05, 0.1) is 5.92 Å². The topological polar surface area (TPSA) is 65.2 Å². The first-order valence-electron chi connectivity index (χ1n) is 7.38. The van der Waals surface area contributed by atoms with Gasteiger partial charge in [0.25, 0.3) is 5.91 Å². The summed E-state index contributed by atoms with van der Waals surface area (Å²) in [6.45, 7) is 1.18. The highest BCUT2D eigenvalue weighted by Gasteiger charge is 2.29. The van der Waals surface area contributed by atoms with Crippen LogP contribution in [0.4, 0.5) is 0 Å². The maximum absolute atomic E-state index is 12.7. The SMILES string of the molecule is CNC(=O)C1CCCN(C(=O)c2cc3c(Br)cccc3[nH]2)C1. The van der Waals surface area contributed by atoms with Crippen LogP contribution in [0, 0.1) is 5.92 Å². The molecule has 3 rings (SSSR count). The van der Waals surface area contributed by atoms with Crippen LogP contribution in [-0.2, 0) is 4.79 Å². The molecule has 1 fully saturated rings. The number of piperidine rings is 1. The van der Waals surface area contributed by atoms with Crippen LogP contribution < -0.4 is 5.32 Å². The summed E-state index contributed by atoms with van der Waals surface area (Å²) in [5.74, 6) is -0.146. The van der Waals surface area contributed by atoms with Gasteiger partial charge in [-0.3, -0.25) is 9.59 Å². The van der Waals surface area contributed by atoms with Gasteiger partial charge in [-0.15, -0.1) is 0 Å². The second kappa shape index (κ2) is 6.12. The Kier molecular flexibility index (Phi) is 4.20. The van der Waals surface area contributed by atoms with Crippen LogP contribution in [0.15, 0.2) is 28.7 Å². The number of likely N-dealkylation sites (tertiary alicyclic amines) is 1. The average molecular weight is 364 g/mol. The van der Waals surface area contributed by atoms with Gasteiger partial charge in [-0.2, -0.15) is 0 Å². The predicted octanol–water partition coefficient (Wildman–Crippen LogP) is 2.53. The molecule has 5 nitrogen and oxygen atoms in total. The van der Waals surface area contributed by atoms with E-state index in [9.17, 15) is 9.59 Å². The number of carbonyl (C=O) groups is 2. The first-order chi connectivity index (χ1) is 10.6. The second-order valence-electron chi connectivity index (χ2n) is 5.59. The molecule has 0 radical (unpaired) electrons. The lowest BCUT2D eigenvalue weighted by atomic mass is 9.97. The first kappa shape index (κ1) is 15.1. The smallest absolute Gasteiger partial charge is 0.270 e. The Labute approximate surface area is 137 Å². The summed E-state index contributed by atoms with van der Waals surface area (Å²) in [6, 6.07) is 7.69. The van der Waals surface area contributed by atoms with E-state index in [1.165, 1.54) is 0 Å². The molecule has 1 unspecified atom stereocenters. The quantitative estimate of drug-likeness (QED) is 0.860. The summed E-state index contributed by atoms with van der Waals surface area (Å²) in [4.78, 5) is 29.4. The Morgan fingerprint density at radius 3 is 2.95 bits per heavy atom. The molecular weight excluding hydrogens is 346 g/mol. The molecule has 2 N–H and O–H groups in total. The van der Waals surface area contributed by atoms with Crippen LogP contribution in [0.3, 0.4) is 0 Å². The largest absolute Gasteiger partial charge is 0.359 e. The highest BCUT2D eigenvalue weighted by atomic mass is 79.9. The van der Waals surface area contributed by atoms with Gasteiger partial charge in [-0.1, -0.05) is 22.0 Å². The molecule has 116 valence electrons. The molecule has 2 aromatic rings. The molecule has 1 aliphatic rings. The fourth-order valence-corrected chi connectivity index (χ4v) is 3.46. The minimum absolute atomic E-state index is 0.0110. The summed E-state index contributed by atoms with van der Waals surface area (Å²) in [7, 11) is 1.64. The van der Waals surface area contributed by atoms with Crippen LogP contribution in [0.1, 0.15) is 23.3 Å². The van der Waals surface area contributed by atoms with Crippen molar-refractivity contribution >= 4 is 38.6 Å². The number of H-pyrrole nitrogens is 1. The van der Waals surface area contributed by atoms with Crippen molar-refractivity contribution in [2.75, 3.05) is 20.1 Å². The van der Waals surface area contributed by atoms with E-state index in [0.717, 1.165) is 28.2 Å². The number of nitrogens with zero attached hydrogens (tertiary/aromatic N) is 1. The number of benzene rings is 1. The van der Waals surface area contributed by atoms with Crippen molar-refractivity contribution in [2.24, 2.45) is 5.92 Å². The van der Waals surface area contributed by atoms with Gasteiger partial charge < -0.3 is 15.2 Å². The summed E-state index contributed by atoms with van der Waals surface area (Å²) >= 11 is 3.50. The zero-order chi connectivity index (χ0) is 15.7. The molecular formula is C16H18BrN3O2. The summed E-state index contributed by atoms with van der Waals surface area (Å²) in [5.41, 5.74) is 1.50. The molecule has 1 aromatic carbocycles. The Balaban J connectivity index is 1.83. The molecule has 1 saturated heterocycles. The van der Waals surface area contributed by atoms with E-state index in [1.807, 2.05) is 24.3 Å². The number of aromatic nitrogens is 1. The lowest BCUT2D eigenvalue weighted by Crippen LogP contribution is -2.44. The third kappa shape index (κ3) is 2.75. The van der Waals surface area contributed by atoms with Crippen molar-refractivity contribution in [2.45, 2.75) is 12.8 Å². The maximum Gasteiger partial charge on any atom is 0.270 e. The average Bonchev–Trinajstić information content (AvgIpc) is 2.99. The van der Waals surface area contributed by atoms with E-state index in [0.29, 0.717) is 18.8 Å². The van der Waals surface area contributed by atoms with Crippen molar-refractivity contribution in [1.29, 1.82) is 0 Å². The first-order valence-corrected chi connectivity index (χ1v) is 8.17. The van der Waals surface area contributed by atoms with Crippen LogP contribution in [0.2, 0.25) is 0 Å². The van der Waals surface area contributed by atoms with Gasteiger partial charge in [0.2, 0.25) is 5.91 Å². The van der Waals surface area contributed by atoms with Crippen LogP contribution >= 0.6 is 15.9 Å². The van der Waals surface area contributed by atoms with Gasteiger partial charge in [0.1, 0.15) is 5.69 Å². The molecule has 0 spiro atoms. The predicted molar refractivity (Wildman–Crippen MR) is 88.7 cm³/mol. The Hall–Kier alpha value is -1.82. The lowest BCUT2D eigenvalue weighted by Gasteiger charge is -2.31. The van der Waals surface area contributed by atoms with Crippen molar-refractivity contribution in [1.82, 2.24) is 15.2 Å². The molecule has 2 amide bonds. The van der Waals surface area contributed by atoms with E-state index >= 15 is 0 Å². The Bertz CT molecular complexity index is 725. The van der Waals surface area contributed by atoms with Gasteiger partial charge in [0, 0.05) is 35.5 Å². The van der Waals surface area contributed by atoms with E-state index in [4.69, 9.17) is 0 Å². The van der Waals surface area contributed by atoms with E-state index < -0.39 is 0 Å². The van der Waals surface area contributed by atoms with Crippen molar-refractivity contribution < 1.29 is 9.59 Å². The summed E-state index contributed by atoms with van der Waals surface area (Å²) in [5, 5.41) is 3.66. The zero-order valence-corrected chi connectivity index (χ0v) is 13.9. The Morgan fingerprint density at radius 1 is 1.41 bits per heavy atom. The molecule has 22 heavy (non-hydrogen) atoms. The van der Waals surface area contributed by atoms with E-state index in [1.54, 1.807) is 11.9 Å². The monoisotopic (exact) mass is 363 g/mol. The molecule has 0 bridgehead atoms. The molecule has 1 aliphatic heterocycles. The summed E-state index contributed by atoms with van der Waals surface area (Å²) in [6.07, 6.45) is 1.69. The number of halogens is 1. The number of fused-ring (bicyclic) bond motifs is 1. The van der Waals surface area contributed by atoms with Crippen LogP contribution in [-0.4, -0.2) is 41.8 Å². The number of nitrogens with one attached hydrogen (secondary N) is 2. The van der Waals surface area contributed by atoms with Gasteiger partial charge in [-0.25, -0.2) is 0 Å². The molecule has 0 saturated carbocycles. The fraction of sp³-hybridized carbons (Fsp3) is 0.375. The molecule has 0 aliphatic carbocycles. The Morgan fingerprint density at radius 2 is 2.23 bits per heavy atom. The minimum atomic E-state index is -0.112. The zero-order valence-electron chi connectivity index (χ0n) is 12.4. The number of hydrogen-bond acceptors (Lipinski definition) is 2. The number of amides is 2. The van der Waals surface area contributed by atoms with Gasteiger partial charge in [-0.05, 0) is 31.0 Å². The third-order valence-electron chi connectivity index (χ3n) is 4.17. The lowest BCUT2D eigenvalue weighted by molar-refractivity contribution is -0.125. The van der Waals surface area contributed by atoms with Gasteiger partial charge >= 0.3 is 0 Å². The highest BCUT2D eigenvalue weighted by Crippen LogP contribution is 2.26. The normalized spacial score (nSPS) is 18.5. The fourth-order valence-electron chi connectivity index (χ4n) is 2.98. The third-order valence-corrected chi connectivity index (χ3v) is 4.86. The van der Waals surface area contributed by atoms with Crippen LogP contribution in [0.25, 0.3) is 10.9 Å². The van der Waals surface area contributed by atoms with Crippen LogP contribution in [0.5, 0.6) is 0 Å². The number of carbonyl (C=O) groups excluding carboxylic acids is 2. The van der Waals surface area contributed by atoms with E-state index in [2.05, 4.69) is 26.2 Å². The number of hydrogen-bond donors (Lipinski definition) is 2. The van der Waals surface area contributed by atoms with Crippen molar-refractivity contribution in [3.63, 3.8) is 0 Å². The maximum atomic E-state index is 12.7. The highest BCUT2D eigenvalue weighted by molar-refractivity contribution is 9.10. The van der Waals surface area contributed by atoms with Crippen molar-refractivity contribution in [3.8, 4) is 0 Å². The summed E-state index contributed by atoms with van der Waals surface area (Å²) < 4.78 is 0.960. The molecule has 1 aromatic heterocycles.